The van der Waals surface area contributed by atoms with Gasteiger partial charge in [-0.1, -0.05) is 0 Å². The first-order valence-electron chi connectivity index (χ1n) is 9.96. The van der Waals surface area contributed by atoms with E-state index in [-0.39, 0.29) is 41.5 Å². The molecule has 1 fully saturated rings. The SMILES string of the molecule is CC(=O)NC[C@H]1CN(c2ccc(/C=C3/C(=O)N(C)c4ccc([N+](=O)[O-])cc43)c(F)c2)C(=O)O1. The number of anilines is 2. The normalized spacial score (nSPS) is 18.5. The first-order valence-corrected chi connectivity index (χ1v) is 9.96. The topological polar surface area (TPSA) is 122 Å². The Kier molecular flexibility index (Phi) is 5.54. The predicted molar refractivity (Wildman–Crippen MR) is 117 cm³/mol. The van der Waals surface area contributed by atoms with Gasteiger partial charge in [0.1, 0.15) is 11.9 Å². The predicted octanol–water partition coefficient (Wildman–Crippen LogP) is 2.71. The zero-order chi connectivity index (χ0) is 23.9. The highest BCUT2D eigenvalue weighted by atomic mass is 19.1. The molecule has 0 radical (unpaired) electrons. The number of hydrogen-bond acceptors (Lipinski definition) is 6. The van der Waals surface area contributed by atoms with Crippen LogP contribution in [0.5, 0.6) is 0 Å². The molecule has 10 nitrogen and oxygen atoms in total. The molecule has 1 saturated heterocycles. The minimum absolute atomic E-state index is 0.0808. The van der Waals surface area contributed by atoms with Gasteiger partial charge in [0.2, 0.25) is 5.91 Å². The summed E-state index contributed by atoms with van der Waals surface area (Å²) in [7, 11) is 1.53. The Labute approximate surface area is 187 Å². The van der Waals surface area contributed by atoms with Crippen LogP contribution in [0.4, 0.5) is 26.2 Å². The Hall–Kier alpha value is -4.28. The highest BCUT2D eigenvalue weighted by Gasteiger charge is 2.34. The van der Waals surface area contributed by atoms with Gasteiger partial charge in [-0.2, -0.15) is 0 Å². The van der Waals surface area contributed by atoms with Gasteiger partial charge in [-0.05, 0) is 30.3 Å². The first-order chi connectivity index (χ1) is 15.7. The molecule has 0 aliphatic carbocycles. The number of cyclic esters (lactones) is 1. The number of ether oxygens (including phenoxy) is 1. The summed E-state index contributed by atoms with van der Waals surface area (Å²) in [5.41, 5.74) is 1.11. The number of amides is 3. The zero-order valence-electron chi connectivity index (χ0n) is 17.7. The number of nitro benzene ring substituents is 1. The van der Waals surface area contributed by atoms with Crippen LogP contribution in [0.1, 0.15) is 18.1 Å². The zero-order valence-corrected chi connectivity index (χ0v) is 17.7. The van der Waals surface area contributed by atoms with Gasteiger partial charge in [0.05, 0.1) is 35.0 Å². The van der Waals surface area contributed by atoms with Crippen LogP contribution in [0, 0.1) is 15.9 Å². The van der Waals surface area contributed by atoms with E-state index in [9.17, 15) is 28.9 Å². The number of non-ortho nitro benzene ring substituents is 1. The van der Waals surface area contributed by atoms with E-state index in [1.54, 1.807) is 0 Å². The summed E-state index contributed by atoms with van der Waals surface area (Å²) in [5, 5.41) is 13.7. The summed E-state index contributed by atoms with van der Waals surface area (Å²) in [6.45, 7) is 1.63. The van der Waals surface area contributed by atoms with Gasteiger partial charge in [0.25, 0.3) is 11.6 Å². The van der Waals surface area contributed by atoms with E-state index in [0.29, 0.717) is 11.3 Å². The maximum absolute atomic E-state index is 14.9. The molecule has 170 valence electrons. The Bertz CT molecular complexity index is 1230. The summed E-state index contributed by atoms with van der Waals surface area (Å²) in [5.74, 6) is -1.36. The fourth-order valence-corrected chi connectivity index (χ4v) is 3.74. The molecule has 0 spiro atoms. The summed E-state index contributed by atoms with van der Waals surface area (Å²) in [4.78, 5) is 49.1. The number of hydrogen-bond donors (Lipinski definition) is 1. The van der Waals surface area contributed by atoms with Crippen molar-refractivity contribution in [2.24, 2.45) is 0 Å². The Morgan fingerprint density at radius 3 is 2.73 bits per heavy atom. The molecule has 1 N–H and O–H groups in total. The number of fused-ring (bicyclic) bond motifs is 1. The molecule has 4 rings (SSSR count). The lowest BCUT2D eigenvalue weighted by molar-refractivity contribution is -0.384. The van der Waals surface area contributed by atoms with Gasteiger partial charge >= 0.3 is 6.09 Å². The van der Waals surface area contributed by atoms with E-state index in [1.807, 2.05) is 0 Å². The van der Waals surface area contributed by atoms with Gasteiger partial charge in [-0.25, -0.2) is 9.18 Å². The van der Waals surface area contributed by atoms with Crippen molar-refractivity contribution in [3.63, 3.8) is 0 Å². The standard InChI is InChI=1S/C22H19FN4O6/c1-12(28)24-10-16-11-26(22(30)33-16)14-4-3-13(19(23)9-14)7-18-17-8-15(27(31)32)5-6-20(17)25(2)21(18)29/h3-9,16H,10-11H2,1-2H3,(H,24,28)/b18-7+/t16-/m0/s1. The Morgan fingerprint density at radius 2 is 2.06 bits per heavy atom. The lowest BCUT2D eigenvalue weighted by Crippen LogP contribution is -2.33. The average Bonchev–Trinajstić information content (AvgIpc) is 3.26. The second-order valence-electron chi connectivity index (χ2n) is 7.64. The van der Waals surface area contributed by atoms with Gasteiger partial charge in [0, 0.05) is 37.2 Å². The number of likely N-dealkylation sites (N-methyl/N-ethyl adjacent to an activating group) is 1. The fourth-order valence-electron chi connectivity index (χ4n) is 3.74. The van der Waals surface area contributed by atoms with Gasteiger partial charge in [0.15, 0.2) is 0 Å². The molecule has 2 aromatic carbocycles. The molecule has 2 heterocycles. The number of nitrogens with zero attached hydrogens (tertiary/aromatic N) is 3. The summed E-state index contributed by atoms with van der Waals surface area (Å²) < 4.78 is 20.1. The molecule has 0 bridgehead atoms. The van der Waals surface area contributed by atoms with Crippen molar-refractivity contribution in [3.05, 3.63) is 63.5 Å². The first kappa shape index (κ1) is 21.9. The molecule has 11 heteroatoms. The van der Waals surface area contributed by atoms with E-state index in [4.69, 9.17) is 4.74 Å². The molecule has 2 aliphatic rings. The van der Waals surface area contributed by atoms with Crippen LogP contribution in [0.15, 0.2) is 36.4 Å². The van der Waals surface area contributed by atoms with Crippen molar-refractivity contribution < 1.29 is 28.4 Å². The second-order valence-corrected chi connectivity index (χ2v) is 7.64. The van der Waals surface area contributed by atoms with Crippen molar-refractivity contribution in [2.45, 2.75) is 13.0 Å². The van der Waals surface area contributed by atoms with Crippen LogP contribution >= 0.6 is 0 Å². The van der Waals surface area contributed by atoms with Crippen LogP contribution in [0.25, 0.3) is 11.6 Å². The molecule has 2 aliphatic heterocycles. The van der Waals surface area contributed by atoms with E-state index in [1.165, 1.54) is 60.2 Å². The second kappa shape index (κ2) is 8.34. The molecular formula is C22H19FN4O6. The van der Waals surface area contributed by atoms with Crippen molar-refractivity contribution in [1.29, 1.82) is 0 Å². The highest BCUT2D eigenvalue weighted by Crippen LogP contribution is 2.39. The Balaban J connectivity index is 1.62. The number of benzene rings is 2. The third kappa shape index (κ3) is 4.12. The van der Waals surface area contributed by atoms with Gasteiger partial charge in [-0.15, -0.1) is 0 Å². The number of nitro groups is 1. The molecule has 0 unspecified atom stereocenters. The molecular weight excluding hydrogens is 435 g/mol. The molecule has 33 heavy (non-hydrogen) atoms. The quantitative estimate of drug-likeness (QED) is 0.421. The van der Waals surface area contributed by atoms with Crippen LogP contribution < -0.4 is 15.1 Å². The number of rotatable bonds is 5. The minimum Gasteiger partial charge on any atom is -0.442 e. The Morgan fingerprint density at radius 1 is 1.30 bits per heavy atom. The van der Waals surface area contributed by atoms with E-state index in [0.717, 1.165) is 6.07 Å². The molecule has 0 aromatic heterocycles. The van der Waals surface area contributed by atoms with E-state index in [2.05, 4.69) is 5.32 Å². The monoisotopic (exact) mass is 454 g/mol. The fraction of sp³-hybridized carbons (Fsp3) is 0.227. The van der Waals surface area contributed by atoms with Crippen LogP contribution in [0.3, 0.4) is 0 Å². The molecule has 2 aromatic rings. The van der Waals surface area contributed by atoms with E-state index < -0.39 is 28.8 Å². The highest BCUT2D eigenvalue weighted by molar-refractivity contribution is 6.35. The van der Waals surface area contributed by atoms with Crippen LogP contribution in [0.2, 0.25) is 0 Å². The summed E-state index contributed by atoms with van der Waals surface area (Å²) >= 11 is 0. The van der Waals surface area contributed by atoms with Crippen molar-refractivity contribution in [3.8, 4) is 0 Å². The lowest BCUT2D eigenvalue weighted by atomic mass is 10.0. The summed E-state index contributed by atoms with van der Waals surface area (Å²) in [6, 6.07) is 8.12. The van der Waals surface area contributed by atoms with Crippen LogP contribution in [-0.2, 0) is 14.3 Å². The lowest BCUT2D eigenvalue weighted by Gasteiger charge is -2.14. The average molecular weight is 454 g/mol. The maximum Gasteiger partial charge on any atom is 0.414 e. The van der Waals surface area contributed by atoms with E-state index >= 15 is 0 Å². The number of halogens is 1. The number of carbonyl (C=O) groups excluding carboxylic acids is 3. The maximum atomic E-state index is 14.9. The number of carbonyl (C=O) groups is 3. The van der Waals surface area contributed by atoms with Crippen molar-refractivity contribution >= 4 is 46.6 Å². The molecule has 0 saturated carbocycles. The third-order valence-corrected chi connectivity index (χ3v) is 5.43. The molecule has 1 atom stereocenters. The third-order valence-electron chi connectivity index (χ3n) is 5.43. The van der Waals surface area contributed by atoms with Crippen molar-refractivity contribution in [1.82, 2.24) is 5.32 Å². The summed E-state index contributed by atoms with van der Waals surface area (Å²) in [6.07, 6.45) is 0.102. The van der Waals surface area contributed by atoms with Gasteiger partial charge in [-0.3, -0.25) is 24.6 Å². The molecule has 3 amide bonds. The van der Waals surface area contributed by atoms with Gasteiger partial charge < -0.3 is 15.0 Å². The van der Waals surface area contributed by atoms with Crippen LogP contribution in [-0.4, -0.2) is 49.1 Å². The largest absolute Gasteiger partial charge is 0.442 e. The minimum atomic E-state index is -0.688. The van der Waals surface area contributed by atoms with Crippen molar-refractivity contribution in [2.75, 3.05) is 29.9 Å². The smallest absolute Gasteiger partial charge is 0.414 e. The number of nitrogens with one attached hydrogen (secondary N) is 1.